The molecule has 0 amide bonds. The van der Waals surface area contributed by atoms with Gasteiger partial charge in [0, 0.05) is 5.02 Å². The average molecular weight is 228 g/mol. The lowest BCUT2D eigenvalue weighted by molar-refractivity contribution is 0.268. The molecule has 1 atom stereocenters. The highest BCUT2D eigenvalue weighted by atomic mass is 35.5. The highest BCUT2D eigenvalue weighted by Gasteiger charge is 2.18. The summed E-state index contributed by atoms with van der Waals surface area (Å²) in [6.07, 6.45) is 0. The monoisotopic (exact) mass is 227 g/mol. The van der Waals surface area contributed by atoms with Crippen molar-refractivity contribution in [2.45, 2.75) is 32.2 Å². The zero-order valence-electron chi connectivity index (χ0n) is 9.42. The van der Waals surface area contributed by atoms with Gasteiger partial charge in [-0.05, 0) is 22.6 Å². The largest absolute Gasteiger partial charge is 0.394 e. The fourth-order valence-electron chi connectivity index (χ4n) is 1.48. The van der Waals surface area contributed by atoms with Gasteiger partial charge in [0.2, 0.25) is 0 Å². The van der Waals surface area contributed by atoms with E-state index in [4.69, 9.17) is 22.4 Å². The molecule has 0 radical (unpaired) electrons. The number of benzene rings is 1. The van der Waals surface area contributed by atoms with Crippen LogP contribution in [0.15, 0.2) is 18.2 Å². The summed E-state index contributed by atoms with van der Waals surface area (Å²) >= 11 is 6.18. The van der Waals surface area contributed by atoms with Crippen LogP contribution in [0.2, 0.25) is 5.02 Å². The van der Waals surface area contributed by atoms with Crippen LogP contribution in [0.4, 0.5) is 0 Å². The summed E-state index contributed by atoms with van der Waals surface area (Å²) in [5.41, 5.74) is 7.71. The third-order valence-electron chi connectivity index (χ3n) is 2.43. The number of hydrogen-bond donors (Lipinski definition) is 2. The first kappa shape index (κ1) is 12.5. The van der Waals surface area contributed by atoms with Crippen molar-refractivity contribution < 1.29 is 5.11 Å². The first-order chi connectivity index (χ1) is 6.86. The maximum Gasteiger partial charge on any atom is 0.0624 e. The number of rotatable bonds is 2. The van der Waals surface area contributed by atoms with Crippen molar-refractivity contribution in [3.05, 3.63) is 34.3 Å². The standard InChI is InChI=1S/C12H18ClNO/c1-12(2,3)9-5-4-8(6-10(9)13)11(14)7-15/h4-6,11,15H,7,14H2,1-3H3. The third-order valence-corrected chi connectivity index (χ3v) is 2.74. The van der Waals surface area contributed by atoms with E-state index < -0.39 is 0 Å². The fourth-order valence-corrected chi connectivity index (χ4v) is 1.95. The molecule has 84 valence electrons. The summed E-state index contributed by atoms with van der Waals surface area (Å²) in [6.45, 7) is 6.27. The summed E-state index contributed by atoms with van der Waals surface area (Å²) in [7, 11) is 0. The van der Waals surface area contributed by atoms with Crippen molar-refractivity contribution in [1.82, 2.24) is 0 Å². The summed E-state index contributed by atoms with van der Waals surface area (Å²) in [6, 6.07) is 5.39. The summed E-state index contributed by atoms with van der Waals surface area (Å²) in [5, 5.41) is 9.65. The van der Waals surface area contributed by atoms with Gasteiger partial charge in [-0.1, -0.05) is 44.5 Å². The van der Waals surface area contributed by atoms with Gasteiger partial charge in [0.05, 0.1) is 12.6 Å². The lowest BCUT2D eigenvalue weighted by Gasteiger charge is -2.21. The number of aliphatic hydroxyl groups is 1. The molecule has 3 N–H and O–H groups in total. The molecule has 2 nitrogen and oxygen atoms in total. The predicted octanol–water partition coefficient (Wildman–Crippen LogP) is 2.63. The van der Waals surface area contributed by atoms with Crippen molar-refractivity contribution in [3.8, 4) is 0 Å². The molecule has 0 aliphatic rings. The van der Waals surface area contributed by atoms with Gasteiger partial charge in [-0.25, -0.2) is 0 Å². The molecule has 1 rings (SSSR count). The molecule has 1 aromatic carbocycles. The molecule has 0 fully saturated rings. The highest BCUT2D eigenvalue weighted by molar-refractivity contribution is 6.31. The van der Waals surface area contributed by atoms with E-state index in [1.807, 2.05) is 18.2 Å². The maximum atomic E-state index is 8.94. The van der Waals surface area contributed by atoms with Crippen molar-refractivity contribution in [1.29, 1.82) is 0 Å². The molecule has 0 saturated heterocycles. The van der Waals surface area contributed by atoms with Gasteiger partial charge in [0.15, 0.2) is 0 Å². The van der Waals surface area contributed by atoms with Gasteiger partial charge in [-0.2, -0.15) is 0 Å². The summed E-state index contributed by atoms with van der Waals surface area (Å²) < 4.78 is 0. The lowest BCUT2D eigenvalue weighted by atomic mass is 9.86. The molecule has 0 aliphatic heterocycles. The van der Waals surface area contributed by atoms with E-state index in [0.29, 0.717) is 5.02 Å². The van der Waals surface area contributed by atoms with E-state index in [1.54, 1.807) is 0 Å². The zero-order valence-corrected chi connectivity index (χ0v) is 10.2. The lowest BCUT2D eigenvalue weighted by Crippen LogP contribution is -2.16. The van der Waals surface area contributed by atoms with E-state index in [0.717, 1.165) is 11.1 Å². The van der Waals surface area contributed by atoms with Gasteiger partial charge < -0.3 is 10.8 Å². The first-order valence-electron chi connectivity index (χ1n) is 5.02. The normalized spacial score (nSPS) is 14.0. The van der Waals surface area contributed by atoms with Crippen molar-refractivity contribution in [3.63, 3.8) is 0 Å². The number of halogens is 1. The Bertz CT molecular complexity index is 344. The van der Waals surface area contributed by atoms with Gasteiger partial charge in [-0.15, -0.1) is 0 Å². The molecule has 0 saturated carbocycles. The minimum atomic E-state index is -0.350. The fraction of sp³-hybridized carbons (Fsp3) is 0.500. The minimum absolute atomic E-state index is 0.0267. The number of aliphatic hydroxyl groups excluding tert-OH is 1. The molecular weight excluding hydrogens is 210 g/mol. The van der Waals surface area contributed by atoms with E-state index in [1.165, 1.54) is 0 Å². The SMILES string of the molecule is CC(C)(C)c1ccc(C(N)CO)cc1Cl. The molecule has 3 heteroatoms. The van der Waals surface area contributed by atoms with E-state index in [2.05, 4.69) is 20.8 Å². The Morgan fingerprint density at radius 2 is 2.00 bits per heavy atom. The van der Waals surface area contributed by atoms with Gasteiger partial charge in [0.1, 0.15) is 0 Å². The molecule has 0 bridgehead atoms. The molecule has 0 aliphatic carbocycles. The van der Waals surface area contributed by atoms with Crippen LogP contribution in [-0.4, -0.2) is 11.7 Å². The zero-order chi connectivity index (χ0) is 11.6. The minimum Gasteiger partial charge on any atom is -0.394 e. The Labute approximate surface area is 96.1 Å². The maximum absolute atomic E-state index is 8.94. The Kier molecular flexibility index (Phi) is 3.77. The smallest absolute Gasteiger partial charge is 0.0624 e. The van der Waals surface area contributed by atoms with Crippen LogP contribution >= 0.6 is 11.6 Å². The van der Waals surface area contributed by atoms with Crippen LogP contribution in [0.3, 0.4) is 0 Å². The molecule has 1 aromatic rings. The van der Waals surface area contributed by atoms with Crippen LogP contribution in [0, 0.1) is 0 Å². The Hall–Kier alpha value is -0.570. The quantitative estimate of drug-likeness (QED) is 0.816. The van der Waals surface area contributed by atoms with Crippen LogP contribution in [0.1, 0.15) is 37.9 Å². The van der Waals surface area contributed by atoms with Crippen LogP contribution in [0.25, 0.3) is 0 Å². The van der Waals surface area contributed by atoms with E-state index >= 15 is 0 Å². The van der Waals surface area contributed by atoms with Gasteiger partial charge >= 0.3 is 0 Å². The number of hydrogen-bond acceptors (Lipinski definition) is 2. The third kappa shape index (κ3) is 2.94. The van der Waals surface area contributed by atoms with Crippen molar-refractivity contribution in [2.24, 2.45) is 5.73 Å². The van der Waals surface area contributed by atoms with Crippen LogP contribution < -0.4 is 5.73 Å². The Balaban J connectivity index is 3.09. The Morgan fingerprint density at radius 1 is 1.40 bits per heavy atom. The second-order valence-electron chi connectivity index (χ2n) is 4.78. The van der Waals surface area contributed by atoms with Crippen LogP contribution in [0.5, 0.6) is 0 Å². The molecule has 15 heavy (non-hydrogen) atoms. The van der Waals surface area contributed by atoms with Crippen molar-refractivity contribution >= 4 is 11.6 Å². The average Bonchev–Trinajstić information content (AvgIpc) is 2.14. The van der Waals surface area contributed by atoms with E-state index in [9.17, 15) is 0 Å². The molecular formula is C12H18ClNO. The van der Waals surface area contributed by atoms with Crippen molar-refractivity contribution in [2.75, 3.05) is 6.61 Å². The molecule has 1 unspecified atom stereocenters. The van der Waals surface area contributed by atoms with Gasteiger partial charge in [0.25, 0.3) is 0 Å². The predicted molar refractivity (Wildman–Crippen MR) is 64.2 cm³/mol. The second-order valence-corrected chi connectivity index (χ2v) is 5.19. The molecule has 0 heterocycles. The molecule has 0 spiro atoms. The van der Waals surface area contributed by atoms with Gasteiger partial charge in [-0.3, -0.25) is 0 Å². The first-order valence-corrected chi connectivity index (χ1v) is 5.40. The Morgan fingerprint density at radius 3 is 2.40 bits per heavy atom. The summed E-state index contributed by atoms with van der Waals surface area (Å²) in [4.78, 5) is 0. The van der Waals surface area contributed by atoms with E-state index in [-0.39, 0.29) is 18.1 Å². The topological polar surface area (TPSA) is 46.2 Å². The second kappa shape index (κ2) is 4.52. The highest BCUT2D eigenvalue weighted by Crippen LogP contribution is 2.30. The summed E-state index contributed by atoms with van der Waals surface area (Å²) in [5.74, 6) is 0. The molecule has 0 aromatic heterocycles. The van der Waals surface area contributed by atoms with Crippen LogP contribution in [-0.2, 0) is 5.41 Å². The number of nitrogens with two attached hydrogens (primary N) is 1.